The lowest BCUT2D eigenvalue weighted by atomic mass is 9.87. The number of anilines is 1. The van der Waals surface area contributed by atoms with Crippen LogP contribution in [0, 0.1) is 13.8 Å². The van der Waals surface area contributed by atoms with E-state index in [4.69, 9.17) is 0 Å². The van der Waals surface area contributed by atoms with Crippen LogP contribution in [0.2, 0.25) is 0 Å². The summed E-state index contributed by atoms with van der Waals surface area (Å²) in [6, 6.07) is 12.7. The van der Waals surface area contributed by atoms with Crippen molar-refractivity contribution in [2.24, 2.45) is 0 Å². The van der Waals surface area contributed by atoms with Gasteiger partial charge < -0.3 is 10.0 Å². The maximum Gasteiger partial charge on any atom is 0.264 e. The number of ketones is 1. The van der Waals surface area contributed by atoms with E-state index in [-0.39, 0.29) is 12.2 Å². The van der Waals surface area contributed by atoms with Gasteiger partial charge in [0.05, 0.1) is 12.1 Å². The fourth-order valence-corrected chi connectivity index (χ4v) is 3.45. The Hall–Kier alpha value is -2.46. The van der Waals surface area contributed by atoms with E-state index in [9.17, 15) is 14.7 Å². The average molecular weight is 323 g/mol. The topological polar surface area (TPSA) is 57.6 Å². The number of amides is 1. The van der Waals surface area contributed by atoms with Crippen LogP contribution in [-0.2, 0) is 10.4 Å². The molecule has 1 unspecified atom stereocenters. The third-order valence-electron chi connectivity index (χ3n) is 4.65. The molecule has 0 bridgehead atoms. The van der Waals surface area contributed by atoms with Crippen LogP contribution in [0.15, 0.2) is 42.5 Å². The molecule has 0 aliphatic carbocycles. The number of rotatable bonds is 4. The van der Waals surface area contributed by atoms with Crippen molar-refractivity contribution in [3.05, 3.63) is 64.7 Å². The maximum atomic E-state index is 12.8. The minimum absolute atomic E-state index is 0.226. The monoisotopic (exact) mass is 323 g/mol. The lowest BCUT2D eigenvalue weighted by Crippen LogP contribution is -2.41. The van der Waals surface area contributed by atoms with Gasteiger partial charge >= 0.3 is 0 Å². The van der Waals surface area contributed by atoms with Crippen LogP contribution in [0.1, 0.15) is 40.4 Å². The Balaban J connectivity index is 1.99. The molecule has 0 radical (unpaired) electrons. The summed E-state index contributed by atoms with van der Waals surface area (Å²) in [5.41, 5.74) is 1.88. The van der Waals surface area contributed by atoms with E-state index in [1.807, 2.05) is 39.0 Å². The summed E-state index contributed by atoms with van der Waals surface area (Å²) >= 11 is 0. The summed E-state index contributed by atoms with van der Waals surface area (Å²) in [6.45, 7) is 6.14. The Kier molecular flexibility index (Phi) is 4.01. The molecule has 2 aromatic carbocycles. The van der Waals surface area contributed by atoms with Crippen LogP contribution in [0.4, 0.5) is 5.69 Å². The number of benzene rings is 2. The van der Waals surface area contributed by atoms with Gasteiger partial charge in [-0.15, -0.1) is 0 Å². The van der Waals surface area contributed by atoms with E-state index in [1.54, 1.807) is 24.3 Å². The van der Waals surface area contributed by atoms with Gasteiger partial charge in [0.1, 0.15) is 0 Å². The van der Waals surface area contributed by atoms with Crippen molar-refractivity contribution in [1.82, 2.24) is 0 Å². The highest BCUT2D eigenvalue weighted by Crippen LogP contribution is 2.42. The first-order valence-electron chi connectivity index (χ1n) is 8.12. The highest BCUT2D eigenvalue weighted by Gasteiger charge is 2.50. The van der Waals surface area contributed by atoms with Crippen LogP contribution in [0.25, 0.3) is 0 Å². The Morgan fingerprint density at radius 2 is 1.88 bits per heavy atom. The first-order valence-corrected chi connectivity index (χ1v) is 8.12. The zero-order chi connectivity index (χ0) is 17.5. The zero-order valence-corrected chi connectivity index (χ0v) is 14.2. The second-order valence-corrected chi connectivity index (χ2v) is 6.35. The van der Waals surface area contributed by atoms with Gasteiger partial charge in [-0.2, -0.15) is 0 Å². The zero-order valence-electron chi connectivity index (χ0n) is 14.2. The van der Waals surface area contributed by atoms with E-state index in [0.29, 0.717) is 23.4 Å². The highest BCUT2D eigenvalue weighted by molar-refractivity contribution is 6.11. The van der Waals surface area contributed by atoms with Crippen molar-refractivity contribution < 1.29 is 14.7 Å². The lowest BCUT2D eigenvalue weighted by molar-refractivity contribution is -0.135. The van der Waals surface area contributed by atoms with Gasteiger partial charge in [0.25, 0.3) is 5.91 Å². The standard InChI is InChI=1S/C20H21NO3/c1-4-21-17-8-6-5-7-16(17)20(24,19(21)23)12-18(22)15-10-9-13(2)11-14(15)3/h5-11,24H,4,12H2,1-3H3. The number of Topliss-reactive ketones (excluding diaryl/α,β-unsaturated/α-hetero) is 1. The number of aliphatic hydroxyl groups is 1. The van der Waals surface area contributed by atoms with Gasteiger partial charge in [0.2, 0.25) is 0 Å². The first-order chi connectivity index (χ1) is 11.4. The molecule has 0 fully saturated rings. The molecule has 2 aromatic rings. The molecular formula is C20H21NO3. The van der Waals surface area contributed by atoms with Crippen LogP contribution in [-0.4, -0.2) is 23.3 Å². The number of para-hydroxylation sites is 1. The Labute approximate surface area is 141 Å². The van der Waals surface area contributed by atoms with E-state index >= 15 is 0 Å². The van der Waals surface area contributed by atoms with Gasteiger partial charge in [-0.3, -0.25) is 9.59 Å². The lowest BCUT2D eigenvalue weighted by Gasteiger charge is -2.22. The molecule has 0 spiro atoms. The summed E-state index contributed by atoms with van der Waals surface area (Å²) in [7, 11) is 0. The predicted octanol–water partition coefficient (Wildman–Crippen LogP) is 3.13. The number of hydrogen-bond donors (Lipinski definition) is 1. The second kappa shape index (κ2) is 5.87. The van der Waals surface area contributed by atoms with Crippen LogP contribution >= 0.6 is 0 Å². The summed E-state index contributed by atoms with van der Waals surface area (Å²) < 4.78 is 0. The molecule has 4 nitrogen and oxygen atoms in total. The largest absolute Gasteiger partial charge is 0.375 e. The fraction of sp³-hybridized carbons (Fsp3) is 0.300. The molecule has 3 rings (SSSR count). The van der Waals surface area contributed by atoms with Gasteiger partial charge in [-0.05, 0) is 32.4 Å². The minimum Gasteiger partial charge on any atom is -0.375 e. The van der Waals surface area contributed by atoms with E-state index in [1.165, 1.54) is 4.90 Å². The Bertz CT molecular complexity index is 827. The van der Waals surface area contributed by atoms with Crippen molar-refractivity contribution in [3.8, 4) is 0 Å². The molecule has 4 heteroatoms. The fourth-order valence-electron chi connectivity index (χ4n) is 3.45. The SMILES string of the molecule is CCN1C(=O)C(O)(CC(=O)c2ccc(C)cc2C)c2ccccc21. The molecule has 1 amide bonds. The van der Waals surface area contributed by atoms with Crippen molar-refractivity contribution in [3.63, 3.8) is 0 Å². The summed E-state index contributed by atoms with van der Waals surface area (Å²) in [5.74, 6) is -0.652. The predicted molar refractivity (Wildman–Crippen MR) is 93.2 cm³/mol. The average Bonchev–Trinajstić information content (AvgIpc) is 2.75. The van der Waals surface area contributed by atoms with Gasteiger partial charge in [0, 0.05) is 17.7 Å². The summed E-state index contributed by atoms with van der Waals surface area (Å²) in [5, 5.41) is 11.1. The molecule has 1 aliphatic heterocycles. The summed E-state index contributed by atoms with van der Waals surface area (Å²) in [6.07, 6.45) is -0.247. The molecule has 124 valence electrons. The van der Waals surface area contributed by atoms with E-state index in [0.717, 1.165) is 11.1 Å². The molecule has 0 aromatic heterocycles. The van der Waals surface area contributed by atoms with Crippen molar-refractivity contribution in [2.45, 2.75) is 32.8 Å². The number of carbonyl (C=O) groups excluding carboxylic acids is 2. The smallest absolute Gasteiger partial charge is 0.264 e. The van der Waals surface area contributed by atoms with Crippen LogP contribution in [0.3, 0.4) is 0 Å². The number of carbonyl (C=O) groups is 2. The quantitative estimate of drug-likeness (QED) is 0.880. The Morgan fingerprint density at radius 1 is 1.17 bits per heavy atom. The van der Waals surface area contributed by atoms with Gasteiger partial charge in [0.15, 0.2) is 11.4 Å². The molecular weight excluding hydrogens is 302 g/mol. The molecule has 1 N–H and O–H groups in total. The number of nitrogens with zero attached hydrogens (tertiary/aromatic N) is 1. The van der Waals surface area contributed by atoms with Crippen molar-refractivity contribution >= 4 is 17.4 Å². The molecule has 1 atom stereocenters. The van der Waals surface area contributed by atoms with Crippen molar-refractivity contribution in [1.29, 1.82) is 0 Å². The minimum atomic E-state index is -1.79. The summed E-state index contributed by atoms with van der Waals surface area (Å²) in [4.78, 5) is 27.0. The normalized spacial score (nSPS) is 19.5. The number of hydrogen-bond acceptors (Lipinski definition) is 3. The first kappa shape index (κ1) is 16.4. The third kappa shape index (κ3) is 2.43. The molecule has 1 aliphatic rings. The molecule has 1 heterocycles. The third-order valence-corrected chi connectivity index (χ3v) is 4.65. The van der Waals surface area contributed by atoms with E-state index < -0.39 is 11.5 Å². The molecule has 24 heavy (non-hydrogen) atoms. The van der Waals surface area contributed by atoms with Crippen LogP contribution < -0.4 is 4.90 Å². The second-order valence-electron chi connectivity index (χ2n) is 6.35. The Morgan fingerprint density at radius 3 is 2.54 bits per heavy atom. The van der Waals surface area contributed by atoms with Crippen LogP contribution in [0.5, 0.6) is 0 Å². The molecule has 0 saturated carbocycles. The van der Waals surface area contributed by atoms with Crippen molar-refractivity contribution in [2.75, 3.05) is 11.4 Å². The molecule has 0 saturated heterocycles. The highest BCUT2D eigenvalue weighted by atomic mass is 16.3. The maximum absolute atomic E-state index is 12.8. The van der Waals surface area contributed by atoms with E-state index in [2.05, 4.69) is 0 Å². The number of aryl methyl sites for hydroxylation is 2. The van der Waals surface area contributed by atoms with Gasteiger partial charge in [-0.1, -0.05) is 42.0 Å². The number of fused-ring (bicyclic) bond motifs is 1. The number of likely N-dealkylation sites (N-methyl/N-ethyl adjacent to an activating group) is 1. The van der Waals surface area contributed by atoms with Gasteiger partial charge in [-0.25, -0.2) is 0 Å².